The summed E-state index contributed by atoms with van der Waals surface area (Å²) in [5.41, 5.74) is -1.34. The average molecular weight is 566 g/mol. The highest BCUT2D eigenvalue weighted by Gasteiger charge is 2.61. The minimum absolute atomic E-state index is 0.0318. The number of nitrogens with zero attached hydrogens (tertiary/aromatic N) is 4. The van der Waals surface area contributed by atoms with Crippen molar-refractivity contribution in [2.75, 3.05) is 36.9 Å². The number of nitriles is 1. The van der Waals surface area contributed by atoms with E-state index in [2.05, 4.69) is 5.32 Å². The summed E-state index contributed by atoms with van der Waals surface area (Å²) < 4.78 is 54.2. The summed E-state index contributed by atoms with van der Waals surface area (Å²) in [6, 6.07) is 16.3. The van der Waals surface area contributed by atoms with Crippen LogP contribution in [0.1, 0.15) is 27.0 Å². The zero-order valence-corrected chi connectivity index (χ0v) is 21.7. The maximum Gasteiger partial charge on any atom is 0.416 e. The Morgan fingerprint density at radius 2 is 1.73 bits per heavy atom. The van der Waals surface area contributed by atoms with Gasteiger partial charge in [0.1, 0.15) is 12.4 Å². The minimum Gasteiger partial charge on any atom is -0.387 e. The van der Waals surface area contributed by atoms with Crippen molar-refractivity contribution in [2.24, 2.45) is 0 Å². The van der Waals surface area contributed by atoms with Gasteiger partial charge in [-0.1, -0.05) is 24.3 Å². The average Bonchev–Trinajstić information content (AvgIpc) is 2.93. The fraction of sp³-hybridized carbons (Fsp3) is 0.241. The van der Waals surface area contributed by atoms with E-state index in [9.17, 15) is 31.9 Å². The van der Waals surface area contributed by atoms with Gasteiger partial charge in [-0.3, -0.25) is 19.3 Å². The van der Waals surface area contributed by atoms with E-state index in [0.29, 0.717) is 16.8 Å². The molecular weight excluding hydrogens is 542 g/mol. The second kappa shape index (κ2) is 10.2. The molecule has 0 aliphatic carbocycles. The Morgan fingerprint density at radius 3 is 2.34 bits per heavy atom. The molecular formula is C29H23F4N5O3. The number of alkyl halides is 3. The summed E-state index contributed by atoms with van der Waals surface area (Å²) in [7, 11) is 1.66. The molecule has 3 aromatic rings. The quantitative estimate of drug-likeness (QED) is 0.472. The van der Waals surface area contributed by atoms with Crippen LogP contribution >= 0.6 is 0 Å². The van der Waals surface area contributed by atoms with Gasteiger partial charge in [-0.25, -0.2) is 4.39 Å². The normalized spacial score (nSPS) is 16.4. The van der Waals surface area contributed by atoms with Gasteiger partial charge >= 0.3 is 6.18 Å². The number of anilines is 2. The van der Waals surface area contributed by atoms with Crippen molar-refractivity contribution in [2.45, 2.75) is 18.3 Å². The number of carbonyl (C=O) groups is 3. The van der Waals surface area contributed by atoms with Crippen LogP contribution in [0.5, 0.6) is 0 Å². The molecule has 0 radical (unpaired) electrons. The third-order valence-corrected chi connectivity index (χ3v) is 7.36. The number of nitrogens with one attached hydrogen (secondary N) is 1. The fourth-order valence-corrected chi connectivity index (χ4v) is 5.20. The van der Waals surface area contributed by atoms with E-state index in [1.54, 1.807) is 31.3 Å². The lowest BCUT2D eigenvalue weighted by Gasteiger charge is -2.58. The number of benzene rings is 3. The van der Waals surface area contributed by atoms with Crippen molar-refractivity contribution in [1.29, 1.82) is 5.26 Å². The van der Waals surface area contributed by atoms with Crippen molar-refractivity contribution in [3.8, 4) is 6.07 Å². The Kier molecular flexibility index (Phi) is 6.90. The summed E-state index contributed by atoms with van der Waals surface area (Å²) in [5.74, 6) is -2.47. The molecule has 1 N–H and O–H groups in total. The molecule has 0 atom stereocenters. The molecule has 3 amide bonds. The second-order valence-electron chi connectivity index (χ2n) is 9.83. The molecule has 2 aliphatic rings. The summed E-state index contributed by atoms with van der Waals surface area (Å²) in [6.45, 7) is -1.13. The largest absolute Gasteiger partial charge is 0.416 e. The first-order chi connectivity index (χ1) is 19.5. The molecule has 2 fully saturated rings. The lowest BCUT2D eigenvalue weighted by molar-refractivity contribution is -0.162. The van der Waals surface area contributed by atoms with E-state index in [1.807, 2.05) is 6.07 Å². The molecule has 0 bridgehead atoms. The molecule has 12 heteroatoms. The van der Waals surface area contributed by atoms with Gasteiger partial charge in [-0.2, -0.15) is 18.4 Å². The smallest absolute Gasteiger partial charge is 0.387 e. The maximum absolute atomic E-state index is 15.0. The molecule has 210 valence electrons. The van der Waals surface area contributed by atoms with E-state index < -0.39 is 47.4 Å². The minimum atomic E-state index is -4.54. The van der Waals surface area contributed by atoms with Crippen molar-refractivity contribution in [3.05, 3.63) is 94.8 Å². The number of halogens is 4. The summed E-state index contributed by atoms with van der Waals surface area (Å²) >= 11 is 0. The van der Waals surface area contributed by atoms with Crippen molar-refractivity contribution in [3.63, 3.8) is 0 Å². The second-order valence-corrected chi connectivity index (χ2v) is 9.83. The summed E-state index contributed by atoms with van der Waals surface area (Å²) in [4.78, 5) is 44.5. The predicted octanol–water partition coefficient (Wildman–Crippen LogP) is 4.03. The van der Waals surface area contributed by atoms with Crippen molar-refractivity contribution < 1.29 is 31.9 Å². The highest BCUT2D eigenvalue weighted by Crippen LogP contribution is 2.39. The maximum atomic E-state index is 15.0. The van der Waals surface area contributed by atoms with Crippen LogP contribution in [0.4, 0.5) is 28.9 Å². The molecule has 41 heavy (non-hydrogen) atoms. The third-order valence-electron chi connectivity index (χ3n) is 7.36. The summed E-state index contributed by atoms with van der Waals surface area (Å²) in [5, 5.41) is 12.0. The Bertz CT molecular complexity index is 1580. The number of piperazine rings is 1. The molecule has 8 nitrogen and oxygen atoms in total. The molecule has 5 rings (SSSR count). The van der Waals surface area contributed by atoms with E-state index in [1.165, 1.54) is 34.1 Å². The molecule has 3 aromatic carbocycles. The number of hydrogen-bond acceptors (Lipinski definition) is 5. The summed E-state index contributed by atoms with van der Waals surface area (Å²) in [6.07, 6.45) is -4.54. The van der Waals surface area contributed by atoms with Crippen LogP contribution in [0.2, 0.25) is 0 Å². The SMILES string of the molecule is CNc1ccccc1C(=O)N1CC2(C1)C(=O)N(c1ccc(C#N)cc1F)CC(=O)N2Cc1ccc(C(F)(F)F)cc1. The van der Waals surface area contributed by atoms with Gasteiger partial charge in [0, 0.05) is 19.3 Å². The number of amides is 3. The lowest BCUT2D eigenvalue weighted by Crippen LogP contribution is -2.81. The van der Waals surface area contributed by atoms with Crippen LogP contribution in [0.15, 0.2) is 66.7 Å². The predicted molar refractivity (Wildman–Crippen MR) is 140 cm³/mol. The molecule has 0 aromatic heterocycles. The van der Waals surface area contributed by atoms with Crippen LogP contribution in [-0.2, 0) is 22.3 Å². The Balaban J connectivity index is 1.49. The Morgan fingerprint density at radius 1 is 1.05 bits per heavy atom. The molecule has 1 spiro atoms. The van der Waals surface area contributed by atoms with E-state index >= 15 is 0 Å². The van der Waals surface area contributed by atoms with Crippen LogP contribution in [0.25, 0.3) is 0 Å². The van der Waals surface area contributed by atoms with E-state index in [0.717, 1.165) is 23.1 Å². The van der Waals surface area contributed by atoms with Crippen LogP contribution in [0.3, 0.4) is 0 Å². The number of rotatable bonds is 5. The number of likely N-dealkylation sites (tertiary alicyclic amines) is 1. The van der Waals surface area contributed by atoms with Crippen LogP contribution in [-0.4, -0.2) is 59.7 Å². The molecule has 2 aliphatic heterocycles. The monoisotopic (exact) mass is 565 g/mol. The van der Waals surface area contributed by atoms with Crippen molar-refractivity contribution >= 4 is 29.1 Å². The standard InChI is InChI=1S/C29H23F4N5O3/c1-35-23-5-3-2-4-21(23)26(40)36-16-28(17-36)27(41)37(24-11-8-19(13-34)12-22(24)30)15-25(39)38(28)14-18-6-9-20(10-7-18)29(31,32)33/h2-12,35H,14-17H2,1H3. The number of hydrogen-bond donors (Lipinski definition) is 1. The molecule has 2 heterocycles. The fourth-order valence-electron chi connectivity index (χ4n) is 5.20. The topological polar surface area (TPSA) is 96.7 Å². The van der Waals surface area contributed by atoms with Gasteiger partial charge in [0.2, 0.25) is 5.91 Å². The van der Waals surface area contributed by atoms with Gasteiger partial charge < -0.3 is 15.1 Å². The number of carbonyl (C=O) groups excluding carboxylic acids is 3. The van der Waals surface area contributed by atoms with Crippen LogP contribution in [0, 0.1) is 17.1 Å². The first-order valence-corrected chi connectivity index (χ1v) is 12.5. The third kappa shape index (κ3) is 4.84. The molecule has 2 saturated heterocycles. The van der Waals surface area contributed by atoms with E-state index in [4.69, 9.17) is 5.26 Å². The first-order valence-electron chi connectivity index (χ1n) is 12.5. The van der Waals surface area contributed by atoms with Gasteiger partial charge in [0.05, 0.1) is 41.5 Å². The number of para-hydroxylation sites is 1. The molecule has 0 unspecified atom stereocenters. The Labute approximate surface area is 232 Å². The van der Waals surface area contributed by atoms with E-state index in [-0.39, 0.29) is 30.9 Å². The zero-order valence-electron chi connectivity index (χ0n) is 21.7. The van der Waals surface area contributed by atoms with Crippen molar-refractivity contribution in [1.82, 2.24) is 9.80 Å². The highest BCUT2D eigenvalue weighted by molar-refractivity contribution is 6.11. The Hall–Kier alpha value is -4.92. The van der Waals surface area contributed by atoms with Gasteiger partial charge in [0.15, 0.2) is 5.54 Å². The van der Waals surface area contributed by atoms with Gasteiger partial charge in [-0.05, 0) is 48.0 Å². The lowest BCUT2D eigenvalue weighted by atomic mass is 9.82. The van der Waals surface area contributed by atoms with Gasteiger partial charge in [-0.15, -0.1) is 0 Å². The zero-order chi connectivity index (χ0) is 29.5. The van der Waals surface area contributed by atoms with Crippen LogP contribution < -0.4 is 10.2 Å². The molecule has 0 saturated carbocycles. The first kappa shape index (κ1) is 27.6. The van der Waals surface area contributed by atoms with Gasteiger partial charge in [0.25, 0.3) is 11.8 Å². The highest BCUT2D eigenvalue weighted by atomic mass is 19.4.